The maximum absolute atomic E-state index is 11.5. The van der Waals surface area contributed by atoms with Gasteiger partial charge in [-0.25, -0.2) is 4.79 Å². The normalized spacial score (nSPS) is 12.0. The van der Waals surface area contributed by atoms with Crippen molar-refractivity contribution < 1.29 is 14.6 Å². The molecule has 1 heterocycles. The first kappa shape index (κ1) is 16.9. The van der Waals surface area contributed by atoms with E-state index in [1.54, 1.807) is 19.2 Å². The summed E-state index contributed by atoms with van der Waals surface area (Å²) in [6.07, 6.45) is 1.96. The number of para-hydroxylation sites is 1. The van der Waals surface area contributed by atoms with Gasteiger partial charge in [0.05, 0.1) is 12.7 Å². The average molecular weight is 357 g/mol. The van der Waals surface area contributed by atoms with Crippen molar-refractivity contribution in [2.75, 3.05) is 7.11 Å². The number of ether oxygens (including phenoxy) is 1. The quantitative estimate of drug-likeness (QED) is 0.525. The van der Waals surface area contributed by atoms with Crippen LogP contribution in [-0.2, 0) is 0 Å². The van der Waals surface area contributed by atoms with Crippen LogP contribution in [0.5, 0.6) is 5.75 Å². The van der Waals surface area contributed by atoms with E-state index in [9.17, 15) is 9.90 Å². The maximum Gasteiger partial charge on any atom is 0.335 e. The number of carbonyl (C=O) groups is 1. The maximum atomic E-state index is 11.5. The van der Waals surface area contributed by atoms with Gasteiger partial charge in [-0.05, 0) is 35.4 Å². The molecule has 1 unspecified atom stereocenters. The molecule has 0 radical (unpaired) electrons. The Hall–Kier alpha value is -3.53. The molecule has 4 aromatic rings. The van der Waals surface area contributed by atoms with Crippen molar-refractivity contribution >= 4 is 16.9 Å². The third kappa shape index (κ3) is 3.06. The Morgan fingerprint density at radius 1 is 0.963 bits per heavy atom. The van der Waals surface area contributed by atoms with Crippen LogP contribution >= 0.6 is 0 Å². The van der Waals surface area contributed by atoms with E-state index >= 15 is 0 Å². The Bertz CT molecular complexity index is 1100. The fraction of sp³-hybridized carbons (Fsp3) is 0.0870. The summed E-state index contributed by atoms with van der Waals surface area (Å²) in [4.78, 5) is 14.7. The van der Waals surface area contributed by atoms with Gasteiger partial charge in [-0.1, -0.05) is 48.5 Å². The van der Waals surface area contributed by atoms with Crippen molar-refractivity contribution in [2.45, 2.75) is 5.92 Å². The second-order valence-corrected chi connectivity index (χ2v) is 6.40. The Kier molecular flexibility index (Phi) is 4.38. The number of fused-ring (bicyclic) bond motifs is 1. The van der Waals surface area contributed by atoms with E-state index in [-0.39, 0.29) is 11.5 Å². The predicted molar refractivity (Wildman–Crippen MR) is 106 cm³/mol. The highest BCUT2D eigenvalue weighted by Gasteiger charge is 2.23. The molecule has 0 saturated carbocycles. The number of nitrogens with one attached hydrogen (secondary N) is 1. The zero-order valence-electron chi connectivity index (χ0n) is 14.8. The number of benzene rings is 3. The summed E-state index contributed by atoms with van der Waals surface area (Å²) in [6.45, 7) is 0. The summed E-state index contributed by atoms with van der Waals surface area (Å²) in [5, 5.41) is 10.3. The highest BCUT2D eigenvalue weighted by atomic mass is 16.5. The van der Waals surface area contributed by atoms with Gasteiger partial charge in [0.25, 0.3) is 0 Å². The fourth-order valence-electron chi connectivity index (χ4n) is 3.59. The van der Waals surface area contributed by atoms with Crippen LogP contribution in [0.25, 0.3) is 10.9 Å². The number of aromatic amines is 1. The van der Waals surface area contributed by atoms with Crippen molar-refractivity contribution in [3.8, 4) is 5.75 Å². The topological polar surface area (TPSA) is 62.3 Å². The second kappa shape index (κ2) is 7.00. The summed E-state index contributed by atoms with van der Waals surface area (Å²) in [7, 11) is 1.67. The molecule has 0 aliphatic carbocycles. The van der Waals surface area contributed by atoms with E-state index in [4.69, 9.17) is 4.74 Å². The standard InChI is InChI=1S/C23H19NO3/c1-27-21-10-6-5-9-17(21)22(15-7-3-2-4-8-15)19-14-24-20-12-11-16(23(25)26)13-18(19)20/h2-14,22,24H,1H3,(H,25,26). The molecule has 3 aromatic carbocycles. The first-order valence-corrected chi connectivity index (χ1v) is 8.71. The van der Waals surface area contributed by atoms with Crippen molar-refractivity contribution in [1.82, 2.24) is 4.98 Å². The monoisotopic (exact) mass is 357 g/mol. The largest absolute Gasteiger partial charge is 0.496 e. The minimum Gasteiger partial charge on any atom is -0.496 e. The van der Waals surface area contributed by atoms with E-state index in [2.05, 4.69) is 23.2 Å². The van der Waals surface area contributed by atoms with Crippen LogP contribution in [0.4, 0.5) is 0 Å². The van der Waals surface area contributed by atoms with Gasteiger partial charge in [-0.3, -0.25) is 0 Å². The molecule has 4 heteroatoms. The third-order valence-electron chi connectivity index (χ3n) is 4.85. The molecule has 0 bridgehead atoms. The molecule has 0 fully saturated rings. The first-order valence-electron chi connectivity index (χ1n) is 8.71. The van der Waals surface area contributed by atoms with E-state index in [1.807, 2.05) is 48.7 Å². The molecular weight excluding hydrogens is 338 g/mol. The number of aromatic nitrogens is 1. The molecule has 0 aliphatic heterocycles. The van der Waals surface area contributed by atoms with Crippen molar-refractivity contribution in [3.05, 3.63) is 101 Å². The molecule has 1 atom stereocenters. The summed E-state index contributed by atoms with van der Waals surface area (Å²) in [6, 6.07) is 23.3. The lowest BCUT2D eigenvalue weighted by Gasteiger charge is -2.20. The predicted octanol–water partition coefficient (Wildman–Crippen LogP) is 5.05. The molecule has 0 saturated heterocycles. The lowest BCUT2D eigenvalue weighted by molar-refractivity contribution is 0.0697. The Morgan fingerprint density at radius 3 is 2.44 bits per heavy atom. The van der Waals surface area contributed by atoms with Crippen LogP contribution in [-0.4, -0.2) is 23.2 Å². The van der Waals surface area contributed by atoms with Crippen LogP contribution in [0.3, 0.4) is 0 Å². The molecule has 0 spiro atoms. The molecular formula is C23H19NO3. The summed E-state index contributed by atoms with van der Waals surface area (Å²) < 4.78 is 5.62. The first-order chi connectivity index (χ1) is 13.2. The average Bonchev–Trinajstić information content (AvgIpc) is 3.12. The molecule has 4 nitrogen and oxygen atoms in total. The van der Waals surface area contributed by atoms with Gasteiger partial charge < -0.3 is 14.8 Å². The number of H-pyrrole nitrogens is 1. The third-order valence-corrected chi connectivity index (χ3v) is 4.85. The van der Waals surface area contributed by atoms with Gasteiger partial charge >= 0.3 is 5.97 Å². The van der Waals surface area contributed by atoms with Crippen LogP contribution in [0.2, 0.25) is 0 Å². The van der Waals surface area contributed by atoms with Crippen molar-refractivity contribution in [2.24, 2.45) is 0 Å². The smallest absolute Gasteiger partial charge is 0.335 e. The van der Waals surface area contributed by atoms with Crippen LogP contribution in [0.15, 0.2) is 79.0 Å². The summed E-state index contributed by atoms with van der Waals surface area (Å²) in [5.74, 6) is -0.215. The van der Waals surface area contributed by atoms with Crippen LogP contribution < -0.4 is 4.74 Å². The van der Waals surface area contributed by atoms with Gasteiger partial charge in [-0.2, -0.15) is 0 Å². The Balaban J connectivity index is 1.98. The number of carboxylic acids is 1. The fourth-order valence-corrected chi connectivity index (χ4v) is 3.59. The van der Waals surface area contributed by atoms with Gasteiger partial charge in [-0.15, -0.1) is 0 Å². The van der Waals surface area contributed by atoms with Gasteiger partial charge in [0, 0.05) is 28.6 Å². The minimum absolute atomic E-state index is 0.0832. The van der Waals surface area contributed by atoms with E-state index in [0.717, 1.165) is 33.3 Å². The lowest BCUT2D eigenvalue weighted by Crippen LogP contribution is -2.05. The Labute approximate surface area is 157 Å². The molecule has 1 aromatic heterocycles. The molecule has 0 aliphatic rings. The molecule has 27 heavy (non-hydrogen) atoms. The van der Waals surface area contributed by atoms with Crippen LogP contribution in [0.1, 0.15) is 33.0 Å². The zero-order valence-corrected chi connectivity index (χ0v) is 14.8. The van der Waals surface area contributed by atoms with Crippen LogP contribution in [0, 0.1) is 0 Å². The Morgan fingerprint density at radius 2 is 1.70 bits per heavy atom. The highest BCUT2D eigenvalue weighted by molar-refractivity contribution is 5.95. The number of carboxylic acid groups (broad SMARTS) is 1. The van der Waals surface area contributed by atoms with E-state index in [0.29, 0.717) is 0 Å². The summed E-state index contributed by atoms with van der Waals surface area (Å²) >= 11 is 0. The minimum atomic E-state index is -0.933. The van der Waals surface area contributed by atoms with Crippen molar-refractivity contribution in [3.63, 3.8) is 0 Å². The number of aromatic carboxylic acids is 1. The molecule has 0 amide bonds. The van der Waals surface area contributed by atoms with Gasteiger partial charge in [0.2, 0.25) is 0 Å². The van der Waals surface area contributed by atoms with E-state index < -0.39 is 5.97 Å². The SMILES string of the molecule is COc1ccccc1C(c1ccccc1)c1c[nH]c2ccc(C(=O)O)cc12. The number of methoxy groups -OCH3 is 1. The zero-order chi connectivity index (χ0) is 18.8. The highest BCUT2D eigenvalue weighted by Crippen LogP contribution is 2.40. The molecule has 134 valence electrons. The number of hydrogen-bond donors (Lipinski definition) is 2. The second-order valence-electron chi connectivity index (χ2n) is 6.40. The van der Waals surface area contributed by atoms with E-state index in [1.165, 1.54) is 0 Å². The van der Waals surface area contributed by atoms with Gasteiger partial charge in [0.15, 0.2) is 0 Å². The molecule has 4 rings (SSSR count). The van der Waals surface area contributed by atoms with Crippen molar-refractivity contribution in [1.29, 1.82) is 0 Å². The van der Waals surface area contributed by atoms with Gasteiger partial charge in [0.1, 0.15) is 5.75 Å². The summed E-state index contributed by atoms with van der Waals surface area (Å²) in [5.41, 5.74) is 4.35. The molecule has 2 N–H and O–H groups in total. The number of hydrogen-bond acceptors (Lipinski definition) is 2. The number of rotatable bonds is 5. The lowest BCUT2D eigenvalue weighted by atomic mass is 9.84.